The molecule has 0 aliphatic carbocycles. The Labute approximate surface area is 117 Å². The second-order valence-corrected chi connectivity index (χ2v) is 4.63. The number of nitriles is 1. The van der Waals surface area contributed by atoms with Crippen LogP contribution in [0.4, 0.5) is 17.1 Å². The Morgan fingerprint density at radius 1 is 1.15 bits per heavy atom. The van der Waals surface area contributed by atoms with Gasteiger partial charge in [-0.15, -0.1) is 0 Å². The summed E-state index contributed by atoms with van der Waals surface area (Å²) in [5.74, 6) is -0.00520. The molecule has 1 aliphatic heterocycles. The molecule has 0 fully saturated rings. The summed E-state index contributed by atoms with van der Waals surface area (Å²) in [6.45, 7) is 0.595. The Morgan fingerprint density at radius 3 is 2.70 bits per heavy atom. The number of rotatable bonds is 1. The van der Waals surface area contributed by atoms with Gasteiger partial charge in [0.05, 0.1) is 23.0 Å². The zero-order chi connectivity index (χ0) is 13.9. The molecule has 1 N–H and O–H groups in total. The SMILES string of the molecule is N#Cc1ccc2c(c1)N(c1ccccc1)CCC(=O)N2. The predicted octanol–water partition coefficient (Wildman–Crippen LogP) is 3.04. The molecule has 98 valence electrons. The highest BCUT2D eigenvalue weighted by atomic mass is 16.1. The smallest absolute Gasteiger partial charge is 0.226 e. The van der Waals surface area contributed by atoms with Crippen molar-refractivity contribution in [2.75, 3.05) is 16.8 Å². The summed E-state index contributed by atoms with van der Waals surface area (Å²) < 4.78 is 0. The van der Waals surface area contributed by atoms with Gasteiger partial charge >= 0.3 is 0 Å². The van der Waals surface area contributed by atoms with E-state index in [1.165, 1.54) is 0 Å². The van der Waals surface area contributed by atoms with E-state index < -0.39 is 0 Å². The molecule has 1 heterocycles. The summed E-state index contributed by atoms with van der Waals surface area (Å²) in [5.41, 5.74) is 3.21. The molecule has 2 aromatic carbocycles. The summed E-state index contributed by atoms with van der Waals surface area (Å²) in [6, 6.07) is 17.3. The quantitative estimate of drug-likeness (QED) is 0.860. The zero-order valence-electron chi connectivity index (χ0n) is 10.8. The molecule has 0 saturated carbocycles. The van der Waals surface area contributed by atoms with Crippen LogP contribution in [-0.2, 0) is 4.79 Å². The second kappa shape index (κ2) is 5.06. The van der Waals surface area contributed by atoms with Gasteiger partial charge in [0.15, 0.2) is 0 Å². The molecule has 0 saturated heterocycles. The van der Waals surface area contributed by atoms with Crippen LogP contribution in [0, 0.1) is 11.3 Å². The molecule has 2 aromatic rings. The number of benzene rings is 2. The van der Waals surface area contributed by atoms with Crippen molar-refractivity contribution in [1.82, 2.24) is 0 Å². The summed E-state index contributed by atoms with van der Waals surface area (Å²) in [6.07, 6.45) is 0.422. The molecule has 1 aliphatic rings. The monoisotopic (exact) mass is 263 g/mol. The Kier molecular flexibility index (Phi) is 3.10. The van der Waals surface area contributed by atoms with E-state index >= 15 is 0 Å². The molecule has 0 radical (unpaired) electrons. The number of carbonyl (C=O) groups is 1. The summed E-state index contributed by atoms with van der Waals surface area (Å²) >= 11 is 0. The van der Waals surface area contributed by atoms with E-state index in [4.69, 9.17) is 5.26 Å². The third-order valence-electron chi connectivity index (χ3n) is 3.32. The van der Waals surface area contributed by atoms with Crippen LogP contribution >= 0.6 is 0 Å². The minimum Gasteiger partial charge on any atom is -0.339 e. The van der Waals surface area contributed by atoms with E-state index in [2.05, 4.69) is 16.3 Å². The van der Waals surface area contributed by atoms with Gasteiger partial charge < -0.3 is 10.2 Å². The number of hydrogen-bond acceptors (Lipinski definition) is 3. The Morgan fingerprint density at radius 2 is 1.95 bits per heavy atom. The molecule has 3 rings (SSSR count). The Hall–Kier alpha value is -2.80. The van der Waals surface area contributed by atoms with Crippen molar-refractivity contribution >= 4 is 23.0 Å². The summed E-state index contributed by atoms with van der Waals surface area (Å²) in [7, 11) is 0. The van der Waals surface area contributed by atoms with Crippen molar-refractivity contribution in [2.45, 2.75) is 6.42 Å². The molecule has 0 unspecified atom stereocenters. The lowest BCUT2D eigenvalue weighted by Crippen LogP contribution is -2.18. The van der Waals surface area contributed by atoms with Crippen LogP contribution in [0.2, 0.25) is 0 Å². The molecule has 0 bridgehead atoms. The first-order chi connectivity index (χ1) is 9.78. The zero-order valence-corrected chi connectivity index (χ0v) is 10.8. The largest absolute Gasteiger partial charge is 0.339 e. The van der Waals surface area contributed by atoms with E-state index in [9.17, 15) is 4.79 Å². The van der Waals surface area contributed by atoms with Gasteiger partial charge in [0.2, 0.25) is 5.91 Å². The van der Waals surface area contributed by atoms with E-state index in [0.717, 1.165) is 17.1 Å². The average molecular weight is 263 g/mol. The lowest BCUT2D eigenvalue weighted by Gasteiger charge is -2.24. The third kappa shape index (κ3) is 2.21. The number of amides is 1. The first kappa shape index (κ1) is 12.2. The van der Waals surface area contributed by atoms with Crippen LogP contribution < -0.4 is 10.2 Å². The average Bonchev–Trinajstić information content (AvgIpc) is 2.65. The topological polar surface area (TPSA) is 56.1 Å². The minimum atomic E-state index is -0.00520. The number of para-hydroxylation sites is 1. The molecule has 0 aromatic heterocycles. The van der Waals surface area contributed by atoms with Gasteiger partial charge in [0.25, 0.3) is 0 Å². The van der Waals surface area contributed by atoms with Crippen LogP contribution in [0.1, 0.15) is 12.0 Å². The van der Waals surface area contributed by atoms with Crippen molar-refractivity contribution in [3.8, 4) is 6.07 Å². The van der Waals surface area contributed by atoms with Crippen molar-refractivity contribution in [3.05, 3.63) is 54.1 Å². The maximum Gasteiger partial charge on any atom is 0.226 e. The number of nitrogens with zero attached hydrogens (tertiary/aromatic N) is 2. The standard InChI is InChI=1S/C16H13N3O/c17-11-12-6-7-14-15(10-12)19(9-8-16(20)18-14)13-4-2-1-3-5-13/h1-7,10H,8-9H2,(H,18,20). The number of carbonyl (C=O) groups excluding carboxylic acids is 1. The Balaban J connectivity index is 2.13. The molecule has 0 atom stereocenters. The number of fused-ring (bicyclic) bond motifs is 1. The number of nitrogens with one attached hydrogen (secondary N) is 1. The van der Waals surface area contributed by atoms with Crippen LogP contribution in [0.3, 0.4) is 0 Å². The van der Waals surface area contributed by atoms with Gasteiger partial charge in [-0.25, -0.2) is 0 Å². The highest BCUT2D eigenvalue weighted by Crippen LogP contribution is 2.34. The van der Waals surface area contributed by atoms with Gasteiger partial charge in [-0.3, -0.25) is 4.79 Å². The van der Waals surface area contributed by atoms with E-state index in [-0.39, 0.29) is 5.91 Å². The first-order valence-electron chi connectivity index (χ1n) is 6.44. The summed E-state index contributed by atoms with van der Waals surface area (Å²) in [5, 5.41) is 11.9. The van der Waals surface area contributed by atoms with Gasteiger partial charge in [-0.2, -0.15) is 5.26 Å². The fourth-order valence-electron chi connectivity index (χ4n) is 2.35. The second-order valence-electron chi connectivity index (χ2n) is 4.63. The summed E-state index contributed by atoms with van der Waals surface area (Å²) in [4.78, 5) is 13.8. The lowest BCUT2D eigenvalue weighted by atomic mass is 10.1. The number of hydrogen-bond donors (Lipinski definition) is 1. The Bertz CT molecular complexity index is 689. The van der Waals surface area contributed by atoms with E-state index in [0.29, 0.717) is 18.5 Å². The number of anilines is 3. The molecule has 4 heteroatoms. The van der Waals surface area contributed by atoms with Crippen LogP contribution in [0.5, 0.6) is 0 Å². The molecule has 4 nitrogen and oxygen atoms in total. The van der Waals surface area contributed by atoms with Crippen molar-refractivity contribution in [2.24, 2.45) is 0 Å². The van der Waals surface area contributed by atoms with Crippen LogP contribution in [0.25, 0.3) is 0 Å². The minimum absolute atomic E-state index is 0.00520. The third-order valence-corrected chi connectivity index (χ3v) is 3.32. The van der Waals surface area contributed by atoms with E-state index in [1.54, 1.807) is 12.1 Å². The van der Waals surface area contributed by atoms with Gasteiger partial charge in [-0.05, 0) is 30.3 Å². The molecule has 1 amide bonds. The normalized spacial score (nSPS) is 13.9. The maximum atomic E-state index is 11.8. The van der Waals surface area contributed by atoms with Crippen molar-refractivity contribution < 1.29 is 4.79 Å². The highest BCUT2D eigenvalue weighted by molar-refractivity contribution is 5.97. The van der Waals surface area contributed by atoms with Crippen molar-refractivity contribution in [1.29, 1.82) is 5.26 Å². The van der Waals surface area contributed by atoms with Crippen molar-refractivity contribution in [3.63, 3.8) is 0 Å². The van der Waals surface area contributed by atoms with Gasteiger partial charge in [0.1, 0.15) is 0 Å². The highest BCUT2D eigenvalue weighted by Gasteiger charge is 2.20. The lowest BCUT2D eigenvalue weighted by molar-refractivity contribution is -0.115. The van der Waals surface area contributed by atoms with Crippen LogP contribution in [-0.4, -0.2) is 12.5 Å². The predicted molar refractivity (Wildman–Crippen MR) is 77.9 cm³/mol. The first-order valence-corrected chi connectivity index (χ1v) is 6.44. The molecular formula is C16H13N3O. The molecule has 20 heavy (non-hydrogen) atoms. The maximum absolute atomic E-state index is 11.8. The molecule has 0 spiro atoms. The van der Waals surface area contributed by atoms with Gasteiger partial charge in [0, 0.05) is 18.7 Å². The van der Waals surface area contributed by atoms with E-state index in [1.807, 2.05) is 36.4 Å². The molecular weight excluding hydrogens is 250 g/mol. The fourth-order valence-corrected chi connectivity index (χ4v) is 2.35. The van der Waals surface area contributed by atoms with Gasteiger partial charge in [-0.1, -0.05) is 18.2 Å². The van der Waals surface area contributed by atoms with Crippen LogP contribution in [0.15, 0.2) is 48.5 Å². The fraction of sp³-hybridized carbons (Fsp3) is 0.125.